The lowest BCUT2D eigenvalue weighted by Crippen LogP contribution is -2.36. The van der Waals surface area contributed by atoms with Gasteiger partial charge in [-0.1, -0.05) is 18.2 Å². The number of carbonyl (C=O) groups is 1. The van der Waals surface area contributed by atoms with Gasteiger partial charge in [-0.25, -0.2) is 4.79 Å². The van der Waals surface area contributed by atoms with Gasteiger partial charge in [-0.3, -0.25) is 0 Å². The van der Waals surface area contributed by atoms with Crippen LogP contribution in [0.2, 0.25) is 0 Å². The maximum Gasteiger partial charge on any atom is 0.322 e. The van der Waals surface area contributed by atoms with Gasteiger partial charge in [-0.2, -0.15) is 0 Å². The molecule has 26 heavy (non-hydrogen) atoms. The Morgan fingerprint density at radius 3 is 2.73 bits per heavy atom. The molecule has 2 aromatic rings. The minimum atomic E-state index is -0.318. The number of rotatable bonds is 6. The number of nitrogens with one attached hydrogen (secondary N) is 1. The van der Waals surface area contributed by atoms with Gasteiger partial charge in [-0.15, -0.1) is 0 Å². The lowest BCUT2D eigenvalue weighted by Gasteiger charge is -2.24. The Labute approximate surface area is 152 Å². The second-order valence-corrected chi connectivity index (χ2v) is 5.75. The Hall–Kier alpha value is -2.93. The molecule has 2 N–H and O–H groups in total. The van der Waals surface area contributed by atoms with Gasteiger partial charge in [0.05, 0.1) is 20.3 Å². The predicted molar refractivity (Wildman–Crippen MR) is 96.9 cm³/mol. The first-order valence-corrected chi connectivity index (χ1v) is 8.39. The molecule has 1 aliphatic heterocycles. The number of hydrogen-bond donors (Lipinski definition) is 2. The van der Waals surface area contributed by atoms with Crippen LogP contribution in [0.25, 0.3) is 0 Å². The number of nitrogens with zero attached hydrogens (tertiary/aromatic N) is 1. The van der Waals surface area contributed by atoms with E-state index in [4.69, 9.17) is 14.2 Å². The summed E-state index contributed by atoms with van der Waals surface area (Å²) in [4.78, 5) is 14.2. The molecule has 0 radical (unpaired) electrons. The summed E-state index contributed by atoms with van der Waals surface area (Å²) in [7, 11) is 1.59. The summed E-state index contributed by atoms with van der Waals surface area (Å²) in [6.45, 7) is 1.38. The highest BCUT2D eigenvalue weighted by Gasteiger charge is 2.17. The molecule has 0 aliphatic carbocycles. The quantitative estimate of drug-likeness (QED) is 0.829. The largest absolute Gasteiger partial charge is 0.496 e. The topological polar surface area (TPSA) is 80.3 Å². The molecule has 0 fully saturated rings. The van der Waals surface area contributed by atoms with Crippen LogP contribution in [0.4, 0.5) is 10.5 Å². The fourth-order valence-electron chi connectivity index (χ4n) is 2.74. The third kappa shape index (κ3) is 4.18. The molecule has 0 saturated carbocycles. The number of hydrogen-bond acceptors (Lipinski definition) is 5. The van der Waals surface area contributed by atoms with Gasteiger partial charge in [-0.05, 0) is 18.2 Å². The van der Waals surface area contributed by atoms with Crippen LogP contribution >= 0.6 is 0 Å². The van der Waals surface area contributed by atoms with Crippen LogP contribution in [0.15, 0.2) is 42.5 Å². The van der Waals surface area contributed by atoms with Gasteiger partial charge in [0.1, 0.15) is 19.0 Å². The SMILES string of the molecule is COc1ccccc1CN(CCO)C(=O)Nc1ccc2c(c1)OCCO2. The molecule has 0 atom stereocenters. The van der Waals surface area contributed by atoms with E-state index >= 15 is 0 Å². The molecule has 2 aromatic carbocycles. The maximum atomic E-state index is 12.7. The van der Waals surface area contributed by atoms with Crippen molar-refractivity contribution in [1.29, 1.82) is 0 Å². The number of ether oxygens (including phenoxy) is 3. The summed E-state index contributed by atoms with van der Waals surface area (Å²) in [6, 6.07) is 12.4. The second-order valence-electron chi connectivity index (χ2n) is 5.75. The number of amides is 2. The molecule has 7 nitrogen and oxygen atoms in total. The number of methoxy groups -OCH3 is 1. The van der Waals surface area contributed by atoms with E-state index in [0.29, 0.717) is 42.7 Å². The molecule has 0 unspecified atom stereocenters. The van der Waals surface area contributed by atoms with Crippen LogP contribution in [0.5, 0.6) is 17.2 Å². The van der Waals surface area contributed by atoms with Crippen LogP contribution in [-0.4, -0.2) is 49.5 Å². The van der Waals surface area contributed by atoms with Crippen molar-refractivity contribution >= 4 is 11.7 Å². The monoisotopic (exact) mass is 358 g/mol. The highest BCUT2D eigenvalue weighted by Crippen LogP contribution is 2.32. The van der Waals surface area contributed by atoms with Gasteiger partial charge >= 0.3 is 6.03 Å². The van der Waals surface area contributed by atoms with Gasteiger partial charge in [0.2, 0.25) is 0 Å². The molecule has 0 saturated heterocycles. The van der Waals surface area contributed by atoms with Crippen LogP contribution in [0.3, 0.4) is 0 Å². The number of carbonyl (C=O) groups excluding carboxylic acids is 1. The third-order valence-electron chi connectivity index (χ3n) is 4.00. The molecule has 0 bridgehead atoms. The average Bonchev–Trinajstić information content (AvgIpc) is 2.68. The van der Waals surface area contributed by atoms with E-state index in [9.17, 15) is 9.90 Å². The van der Waals surface area contributed by atoms with Crippen molar-refractivity contribution in [3.8, 4) is 17.2 Å². The summed E-state index contributed by atoms with van der Waals surface area (Å²) in [6.07, 6.45) is 0. The van der Waals surface area contributed by atoms with Gasteiger partial charge < -0.3 is 29.5 Å². The number of aliphatic hydroxyl groups is 1. The van der Waals surface area contributed by atoms with Crippen molar-refractivity contribution in [3.05, 3.63) is 48.0 Å². The molecule has 2 amide bonds. The standard InChI is InChI=1S/C19H22N2O5/c1-24-16-5-3-2-4-14(16)13-21(8-9-22)19(23)20-15-6-7-17-18(12-15)26-11-10-25-17/h2-7,12,22H,8-11,13H2,1H3,(H,20,23). The van der Waals surface area contributed by atoms with Crippen molar-refractivity contribution in [2.45, 2.75) is 6.54 Å². The fourth-order valence-corrected chi connectivity index (χ4v) is 2.74. The van der Waals surface area contributed by atoms with Crippen LogP contribution in [0, 0.1) is 0 Å². The molecular formula is C19H22N2O5. The molecule has 1 aliphatic rings. The Bertz CT molecular complexity index is 765. The predicted octanol–water partition coefficient (Wildman–Crippen LogP) is 2.49. The number of anilines is 1. The molecule has 0 spiro atoms. The van der Waals surface area contributed by atoms with Gasteiger partial charge in [0.25, 0.3) is 0 Å². The average molecular weight is 358 g/mol. The summed E-state index contributed by atoms with van der Waals surface area (Å²) < 4.78 is 16.3. The zero-order valence-corrected chi connectivity index (χ0v) is 14.6. The Morgan fingerprint density at radius 2 is 1.96 bits per heavy atom. The Kier molecular flexibility index (Phi) is 5.80. The number of para-hydroxylation sites is 1. The molecule has 138 valence electrons. The summed E-state index contributed by atoms with van der Waals surface area (Å²) in [5.41, 5.74) is 1.46. The van der Waals surface area contributed by atoms with Crippen molar-refractivity contribution in [1.82, 2.24) is 4.90 Å². The van der Waals surface area contributed by atoms with Crippen molar-refractivity contribution in [2.75, 3.05) is 38.8 Å². The normalized spacial score (nSPS) is 12.4. The molecule has 3 rings (SSSR count). The Balaban J connectivity index is 1.72. The fraction of sp³-hybridized carbons (Fsp3) is 0.316. The molecule has 1 heterocycles. The lowest BCUT2D eigenvalue weighted by atomic mass is 10.2. The van der Waals surface area contributed by atoms with Crippen molar-refractivity contribution in [3.63, 3.8) is 0 Å². The minimum absolute atomic E-state index is 0.135. The van der Waals surface area contributed by atoms with E-state index < -0.39 is 0 Å². The third-order valence-corrected chi connectivity index (χ3v) is 4.00. The van der Waals surface area contributed by atoms with Crippen LogP contribution in [-0.2, 0) is 6.54 Å². The van der Waals surface area contributed by atoms with Crippen molar-refractivity contribution in [2.24, 2.45) is 0 Å². The van der Waals surface area contributed by atoms with E-state index in [0.717, 1.165) is 5.56 Å². The number of benzene rings is 2. The van der Waals surface area contributed by atoms with E-state index in [1.54, 1.807) is 25.3 Å². The maximum absolute atomic E-state index is 12.7. The highest BCUT2D eigenvalue weighted by atomic mass is 16.6. The first-order valence-electron chi connectivity index (χ1n) is 8.39. The van der Waals surface area contributed by atoms with Crippen LogP contribution in [0.1, 0.15) is 5.56 Å². The molecular weight excluding hydrogens is 336 g/mol. The van der Waals surface area contributed by atoms with E-state index in [2.05, 4.69) is 5.32 Å². The summed E-state index contributed by atoms with van der Waals surface area (Å²) >= 11 is 0. The number of fused-ring (bicyclic) bond motifs is 1. The lowest BCUT2D eigenvalue weighted by molar-refractivity contribution is 0.171. The molecule has 7 heteroatoms. The molecule has 0 aromatic heterocycles. The first kappa shape index (κ1) is 17.9. The van der Waals surface area contributed by atoms with Crippen LogP contribution < -0.4 is 19.5 Å². The van der Waals surface area contributed by atoms with Gasteiger partial charge in [0, 0.05) is 23.9 Å². The smallest absolute Gasteiger partial charge is 0.322 e. The Morgan fingerprint density at radius 1 is 1.19 bits per heavy atom. The van der Waals surface area contributed by atoms with E-state index in [1.807, 2.05) is 24.3 Å². The zero-order valence-electron chi connectivity index (χ0n) is 14.6. The van der Waals surface area contributed by atoms with Crippen molar-refractivity contribution < 1.29 is 24.1 Å². The summed E-state index contributed by atoms with van der Waals surface area (Å²) in [5, 5.41) is 12.2. The zero-order chi connectivity index (χ0) is 18.4. The highest BCUT2D eigenvalue weighted by molar-refractivity contribution is 5.89. The second kappa shape index (κ2) is 8.44. The van der Waals surface area contributed by atoms with E-state index in [1.165, 1.54) is 4.90 Å². The summed E-state index contributed by atoms with van der Waals surface area (Å²) in [5.74, 6) is 1.96. The van der Waals surface area contributed by atoms with Gasteiger partial charge in [0.15, 0.2) is 11.5 Å². The minimum Gasteiger partial charge on any atom is -0.496 e. The number of aliphatic hydroxyl groups excluding tert-OH is 1. The van der Waals surface area contributed by atoms with E-state index in [-0.39, 0.29) is 19.2 Å². The number of urea groups is 1. The first-order chi connectivity index (χ1) is 12.7.